The quantitative estimate of drug-likeness (QED) is 0.605. The summed E-state index contributed by atoms with van der Waals surface area (Å²) in [6.07, 6.45) is 0.535. The Kier molecular flexibility index (Phi) is 4.93. The van der Waals surface area contributed by atoms with Crippen LogP contribution in [0.15, 0.2) is 88.8 Å². The Morgan fingerprint density at radius 1 is 0.933 bits per heavy atom. The van der Waals surface area contributed by atoms with E-state index < -0.39 is 6.04 Å². The second-order valence-corrected chi connectivity index (χ2v) is 8.07. The summed E-state index contributed by atoms with van der Waals surface area (Å²) in [5.74, 6) is 0.657. The molecule has 0 saturated carbocycles. The smallest absolute Gasteiger partial charge is 0.259 e. The molecule has 0 fully saturated rings. The Labute approximate surface area is 178 Å². The molecule has 2 aliphatic rings. The third-order valence-electron chi connectivity index (χ3n) is 5.13. The largest absolute Gasteiger partial charge is 0.271 e. The third-order valence-corrected chi connectivity index (χ3v) is 6.12. The molecule has 5 rings (SSSR count). The summed E-state index contributed by atoms with van der Waals surface area (Å²) >= 11 is 1.35. The molecule has 0 radical (unpaired) electrons. The summed E-state index contributed by atoms with van der Waals surface area (Å²) in [6, 6.07) is 23.7. The summed E-state index contributed by atoms with van der Waals surface area (Å²) in [5, 5.41) is 0.538. The molecule has 1 amide bonds. The number of para-hydroxylation sites is 1. The first kappa shape index (κ1) is 18.8. The van der Waals surface area contributed by atoms with Gasteiger partial charge in [0.2, 0.25) is 0 Å². The standard InChI is InChI=1S/C24H18FN3OS/c25-19-12-6-4-10-17(19)15-30-24-27-20-13-7-5-11-18(20)22-26-21(23(29)28(22)24)14-16-8-2-1-3-9-16/h1-13,21H,14-15H2/t21-/m0/s1. The molecule has 2 aliphatic heterocycles. The number of carbonyl (C=O) groups excluding carboxylic acids is 1. The van der Waals surface area contributed by atoms with E-state index in [0.717, 1.165) is 16.8 Å². The highest BCUT2D eigenvalue weighted by Crippen LogP contribution is 2.35. The van der Waals surface area contributed by atoms with Crippen LogP contribution in [0.3, 0.4) is 0 Å². The van der Waals surface area contributed by atoms with Crippen LogP contribution in [-0.4, -0.2) is 27.9 Å². The van der Waals surface area contributed by atoms with Crippen molar-refractivity contribution in [2.45, 2.75) is 18.2 Å². The fourth-order valence-electron chi connectivity index (χ4n) is 3.63. The molecule has 0 aliphatic carbocycles. The lowest BCUT2D eigenvalue weighted by molar-refractivity contribution is -0.124. The van der Waals surface area contributed by atoms with Crippen LogP contribution in [-0.2, 0) is 17.0 Å². The van der Waals surface area contributed by atoms with Gasteiger partial charge in [0, 0.05) is 17.7 Å². The number of carbonyl (C=O) groups is 1. The molecular weight excluding hydrogens is 397 g/mol. The van der Waals surface area contributed by atoms with Crippen LogP contribution in [0.2, 0.25) is 0 Å². The predicted octanol–water partition coefficient (Wildman–Crippen LogP) is 4.96. The summed E-state index contributed by atoms with van der Waals surface area (Å²) in [5.41, 5.74) is 3.26. The Morgan fingerprint density at radius 3 is 2.50 bits per heavy atom. The van der Waals surface area contributed by atoms with E-state index in [1.54, 1.807) is 23.1 Å². The molecule has 3 aromatic rings. The number of aliphatic imine (C=N–C) groups is 2. The number of amidine groups is 2. The van der Waals surface area contributed by atoms with E-state index in [-0.39, 0.29) is 11.7 Å². The van der Waals surface area contributed by atoms with Gasteiger partial charge in [-0.3, -0.25) is 9.79 Å². The van der Waals surface area contributed by atoms with Gasteiger partial charge in [0.25, 0.3) is 5.91 Å². The molecule has 1 atom stereocenters. The first-order valence-electron chi connectivity index (χ1n) is 9.71. The lowest BCUT2D eigenvalue weighted by atomic mass is 10.1. The van der Waals surface area contributed by atoms with Gasteiger partial charge in [-0.05, 0) is 29.3 Å². The van der Waals surface area contributed by atoms with Crippen LogP contribution in [0.5, 0.6) is 0 Å². The van der Waals surface area contributed by atoms with Gasteiger partial charge in [0.05, 0.1) is 5.69 Å². The minimum atomic E-state index is -0.493. The Hall–Kier alpha value is -3.25. The first-order chi connectivity index (χ1) is 14.7. The van der Waals surface area contributed by atoms with Gasteiger partial charge in [-0.1, -0.05) is 72.4 Å². The van der Waals surface area contributed by atoms with Crippen molar-refractivity contribution in [2.75, 3.05) is 0 Å². The number of benzene rings is 3. The molecule has 0 unspecified atom stereocenters. The SMILES string of the molecule is O=C1[C@H](Cc2ccccc2)N=C2c3ccccc3N=C(SCc3ccccc3F)N12. The van der Waals surface area contributed by atoms with E-state index >= 15 is 0 Å². The first-order valence-corrected chi connectivity index (χ1v) is 10.7. The van der Waals surface area contributed by atoms with Gasteiger partial charge in [-0.25, -0.2) is 14.3 Å². The van der Waals surface area contributed by atoms with E-state index in [2.05, 4.69) is 0 Å². The van der Waals surface area contributed by atoms with Crippen LogP contribution in [0.4, 0.5) is 10.1 Å². The van der Waals surface area contributed by atoms with Crippen molar-refractivity contribution >= 4 is 34.4 Å². The zero-order chi connectivity index (χ0) is 20.5. The molecule has 4 nitrogen and oxygen atoms in total. The van der Waals surface area contributed by atoms with Gasteiger partial charge in [-0.2, -0.15) is 0 Å². The summed E-state index contributed by atoms with van der Waals surface area (Å²) in [4.78, 5) is 24.4. The van der Waals surface area contributed by atoms with Gasteiger partial charge in [-0.15, -0.1) is 0 Å². The predicted molar refractivity (Wildman–Crippen MR) is 119 cm³/mol. The number of rotatable bonds is 4. The average molecular weight is 415 g/mol. The third kappa shape index (κ3) is 3.44. The van der Waals surface area contributed by atoms with Crippen LogP contribution < -0.4 is 0 Å². The van der Waals surface area contributed by atoms with Gasteiger partial charge >= 0.3 is 0 Å². The van der Waals surface area contributed by atoms with Crippen LogP contribution in [0.25, 0.3) is 0 Å². The molecule has 0 aromatic heterocycles. The van der Waals surface area contributed by atoms with Crippen molar-refractivity contribution in [1.29, 1.82) is 0 Å². The molecule has 6 heteroatoms. The maximum atomic E-state index is 14.1. The Balaban J connectivity index is 1.47. The van der Waals surface area contributed by atoms with Crippen molar-refractivity contribution in [2.24, 2.45) is 9.98 Å². The van der Waals surface area contributed by atoms with Gasteiger partial charge < -0.3 is 0 Å². The fraction of sp³-hybridized carbons (Fsp3) is 0.125. The maximum absolute atomic E-state index is 14.1. The molecule has 0 N–H and O–H groups in total. The highest BCUT2D eigenvalue weighted by Gasteiger charge is 2.41. The molecule has 0 spiro atoms. The van der Waals surface area contributed by atoms with Gasteiger partial charge in [0.1, 0.15) is 17.7 Å². The minimum Gasteiger partial charge on any atom is -0.271 e. The Morgan fingerprint density at radius 2 is 1.67 bits per heavy atom. The molecule has 0 bridgehead atoms. The van der Waals surface area contributed by atoms with E-state index in [0.29, 0.717) is 28.7 Å². The van der Waals surface area contributed by atoms with Crippen molar-refractivity contribution < 1.29 is 9.18 Å². The van der Waals surface area contributed by atoms with Crippen LogP contribution in [0, 0.1) is 5.82 Å². The minimum absolute atomic E-state index is 0.0943. The molecule has 3 aromatic carbocycles. The fourth-order valence-corrected chi connectivity index (χ4v) is 4.61. The molecule has 148 valence electrons. The van der Waals surface area contributed by atoms with Crippen molar-refractivity contribution in [1.82, 2.24) is 4.90 Å². The number of halogens is 1. The lowest BCUT2D eigenvalue weighted by Crippen LogP contribution is -2.41. The van der Waals surface area contributed by atoms with Gasteiger partial charge in [0.15, 0.2) is 5.17 Å². The van der Waals surface area contributed by atoms with E-state index in [1.165, 1.54) is 17.8 Å². The second-order valence-electron chi connectivity index (χ2n) is 7.12. The second kappa shape index (κ2) is 7.88. The summed E-state index contributed by atoms with van der Waals surface area (Å²) < 4.78 is 14.1. The number of hydrogen-bond donors (Lipinski definition) is 0. The van der Waals surface area contributed by atoms with E-state index in [9.17, 15) is 9.18 Å². The molecular formula is C24H18FN3OS. The monoisotopic (exact) mass is 415 g/mol. The topological polar surface area (TPSA) is 45.0 Å². The molecule has 0 saturated heterocycles. The average Bonchev–Trinajstić information content (AvgIpc) is 3.10. The lowest BCUT2D eigenvalue weighted by Gasteiger charge is -2.25. The van der Waals surface area contributed by atoms with Crippen molar-refractivity contribution in [3.63, 3.8) is 0 Å². The normalized spacial score (nSPS) is 17.3. The highest BCUT2D eigenvalue weighted by atomic mass is 32.2. The summed E-state index contributed by atoms with van der Waals surface area (Å²) in [6.45, 7) is 0. The molecule has 2 heterocycles. The number of amides is 1. The number of fused-ring (bicyclic) bond motifs is 3. The number of hydrogen-bond acceptors (Lipinski definition) is 4. The van der Waals surface area contributed by atoms with E-state index in [1.807, 2.05) is 54.6 Å². The maximum Gasteiger partial charge on any atom is 0.259 e. The zero-order valence-electron chi connectivity index (χ0n) is 16.0. The van der Waals surface area contributed by atoms with Crippen molar-refractivity contribution in [3.8, 4) is 0 Å². The highest BCUT2D eigenvalue weighted by molar-refractivity contribution is 8.13. The van der Waals surface area contributed by atoms with Crippen LogP contribution in [0.1, 0.15) is 16.7 Å². The Bertz CT molecular complexity index is 1180. The van der Waals surface area contributed by atoms with Crippen LogP contribution >= 0.6 is 11.8 Å². The van der Waals surface area contributed by atoms with E-state index in [4.69, 9.17) is 9.98 Å². The number of thioether (sulfide) groups is 1. The number of nitrogens with zero attached hydrogens (tertiary/aromatic N) is 3. The summed E-state index contributed by atoms with van der Waals surface area (Å²) in [7, 11) is 0. The molecule has 30 heavy (non-hydrogen) atoms. The van der Waals surface area contributed by atoms with Crippen molar-refractivity contribution in [3.05, 3.63) is 101 Å². The zero-order valence-corrected chi connectivity index (χ0v) is 16.8.